The fourth-order valence-electron chi connectivity index (χ4n) is 1.56. The van der Waals surface area contributed by atoms with Crippen molar-refractivity contribution in [3.63, 3.8) is 0 Å². The Kier molecular flexibility index (Phi) is 9.10. The summed E-state index contributed by atoms with van der Waals surface area (Å²) in [6.07, 6.45) is 3.03. The standard InChI is InChI=1S/C11H13F2N5OS.2ClH/c12-11(13)18-4-3-15-8(18)5-16-10(19)7-6-20-9(17-7)1-2-14;;/h3-4,6,11H,1-2,5,14H2,(H,16,19);2*1H. The number of alkyl halides is 2. The van der Waals surface area contributed by atoms with Gasteiger partial charge in [0, 0.05) is 24.2 Å². The number of nitrogens with zero attached hydrogens (tertiary/aromatic N) is 3. The summed E-state index contributed by atoms with van der Waals surface area (Å²) in [5, 5.41) is 4.89. The second-order valence-electron chi connectivity index (χ2n) is 3.88. The van der Waals surface area contributed by atoms with E-state index in [1.807, 2.05) is 0 Å². The van der Waals surface area contributed by atoms with Crippen LogP contribution in [0.3, 0.4) is 0 Å². The van der Waals surface area contributed by atoms with Crippen molar-refractivity contribution in [2.24, 2.45) is 5.73 Å². The molecule has 0 saturated carbocycles. The third-order valence-corrected chi connectivity index (χ3v) is 3.42. The predicted octanol–water partition coefficient (Wildman–Crippen LogP) is 2.01. The van der Waals surface area contributed by atoms with Gasteiger partial charge in [-0.1, -0.05) is 0 Å². The molecule has 0 aliphatic rings. The van der Waals surface area contributed by atoms with Crippen LogP contribution >= 0.6 is 36.2 Å². The molecule has 2 heterocycles. The second-order valence-corrected chi connectivity index (χ2v) is 4.82. The second kappa shape index (κ2) is 9.67. The summed E-state index contributed by atoms with van der Waals surface area (Å²) in [5.41, 5.74) is 5.66. The highest BCUT2D eigenvalue weighted by atomic mass is 35.5. The first-order valence-electron chi connectivity index (χ1n) is 5.84. The third kappa shape index (κ3) is 5.16. The summed E-state index contributed by atoms with van der Waals surface area (Å²) in [6, 6.07) is 0. The molecule has 2 aromatic rings. The molecule has 6 nitrogen and oxygen atoms in total. The molecule has 3 N–H and O–H groups in total. The van der Waals surface area contributed by atoms with Crippen LogP contribution in [-0.2, 0) is 13.0 Å². The molecule has 0 aliphatic carbocycles. The van der Waals surface area contributed by atoms with Gasteiger partial charge in [-0.15, -0.1) is 36.2 Å². The van der Waals surface area contributed by atoms with Gasteiger partial charge in [0.2, 0.25) is 0 Å². The van der Waals surface area contributed by atoms with Crippen molar-refractivity contribution in [2.75, 3.05) is 6.54 Å². The number of carbonyl (C=O) groups is 1. The molecular formula is C11H15Cl2F2N5OS. The van der Waals surface area contributed by atoms with Crippen LogP contribution in [0.4, 0.5) is 8.78 Å². The SMILES string of the molecule is Cl.Cl.NCCc1nc(C(=O)NCc2nccn2C(F)F)cs1. The highest BCUT2D eigenvalue weighted by Gasteiger charge is 2.14. The van der Waals surface area contributed by atoms with Crippen LogP contribution < -0.4 is 11.1 Å². The molecule has 0 aromatic carbocycles. The minimum atomic E-state index is -2.68. The smallest absolute Gasteiger partial charge is 0.319 e. The number of nitrogens with one attached hydrogen (secondary N) is 1. The van der Waals surface area contributed by atoms with E-state index in [2.05, 4.69) is 15.3 Å². The van der Waals surface area contributed by atoms with Gasteiger partial charge >= 0.3 is 6.55 Å². The maximum Gasteiger partial charge on any atom is 0.319 e. The highest BCUT2D eigenvalue weighted by Crippen LogP contribution is 2.13. The van der Waals surface area contributed by atoms with Crippen LogP contribution in [0, 0.1) is 0 Å². The monoisotopic (exact) mass is 373 g/mol. The zero-order valence-electron chi connectivity index (χ0n) is 11.2. The van der Waals surface area contributed by atoms with E-state index in [0.29, 0.717) is 17.5 Å². The van der Waals surface area contributed by atoms with Crippen LogP contribution in [0.25, 0.3) is 0 Å². The number of rotatable bonds is 6. The summed E-state index contributed by atoms with van der Waals surface area (Å²) in [5.74, 6) is -0.334. The Hall–Kier alpha value is -1.29. The van der Waals surface area contributed by atoms with Crippen molar-refractivity contribution in [1.82, 2.24) is 19.9 Å². The fourth-order valence-corrected chi connectivity index (χ4v) is 2.36. The van der Waals surface area contributed by atoms with E-state index in [-0.39, 0.29) is 42.9 Å². The molecule has 2 aromatic heterocycles. The Morgan fingerprint density at radius 3 is 2.82 bits per heavy atom. The summed E-state index contributed by atoms with van der Waals surface area (Å²) >= 11 is 1.34. The maximum atomic E-state index is 12.6. The number of aromatic nitrogens is 3. The maximum absolute atomic E-state index is 12.6. The summed E-state index contributed by atoms with van der Waals surface area (Å²) in [7, 11) is 0. The van der Waals surface area contributed by atoms with Gasteiger partial charge in [0.05, 0.1) is 11.6 Å². The summed E-state index contributed by atoms with van der Waals surface area (Å²) < 4.78 is 25.9. The molecule has 0 aliphatic heterocycles. The number of amides is 1. The van der Waals surface area contributed by atoms with Crippen LogP contribution in [0.1, 0.15) is 27.9 Å². The number of hydrogen-bond acceptors (Lipinski definition) is 5. The number of halogens is 4. The first kappa shape index (κ1) is 20.7. The van der Waals surface area contributed by atoms with Crippen molar-refractivity contribution in [3.8, 4) is 0 Å². The average Bonchev–Trinajstić information content (AvgIpc) is 3.04. The Balaban J connectivity index is 0.00000220. The molecule has 0 spiro atoms. The van der Waals surface area contributed by atoms with E-state index in [1.165, 1.54) is 17.5 Å². The molecule has 2 rings (SSSR count). The number of carbonyl (C=O) groups excluding carboxylic acids is 1. The zero-order chi connectivity index (χ0) is 14.5. The Morgan fingerprint density at radius 2 is 2.18 bits per heavy atom. The van der Waals surface area contributed by atoms with Crippen molar-refractivity contribution in [1.29, 1.82) is 0 Å². The Labute approximate surface area is 142 Å². The molecule has 22 heavy (non-hydrogen) atoms. The number of imidazole rings is 1. The number of nitrogens with two attached hydrogens (primary N) is 1. The number of hydrogen-bond donors (Lipinski definition) is 2. The van der Waals surface area contributed by atoms with Crippen molar-refractivity contribution >= 4 is 42.1 Å². The first-order chi connectivity index (χ1) is 9.61. The lowest BCUT2D eigenvalue weighted by Gasteiger charge is -2.06. The van der Waals surface area contributed by atoms with Gasteiger partial charge in [-0.25, -0.2) is 9.97 Å². The van der Waals surface area contributed by atoms with Crippen molar-refractivity contribution in [3.05, 3.63) is 34.3 Å². The normalized spacial score (nSPS) is 10.0. The highest BCUT2D eigenvalue weighted by molar-refractivity contribution is 7.09. The third-order valence-electron chi connectivity index (χ3n) is 2.51. The van der Waals surface area contributed by atoms with Crippen molar-refractivity contribution < 1.29 is 13.6 Å². The van der Waals surface area contributed by atoms with E-state index >= 15 is 0 Å². The Morgan fingerprint density at radius 1 is 1.45 bits per heavy atom. The van der Waals surface area contributed by atoms with Crippen LogP contribution in [0.5, 0.6) is 0 Å². The predicted molar refractivity (Wildman–Crippen MR) is 84.0 cm³/mol. The fraction of sp³-hybridized carbons (Fsp3) is 0.364. The van der Waals surface area contributed by atoms with E-state index in [9.17, 15) is 13.6 Å². The van der Waals surface area contributed by atoms with Gasteiger partial charge in [0.25, 0.3) is 5.91 Å². The lowest BCUT2D eigenvalue weighted by molar-refractivity contribution is 0.0660. The molecule has 0 radical (unpaired) electrons. The molecule has 0 unspecified atom stereocenters. The van der Waals surface area contributed by atoms with Crippen molar-refractivity contribution in [2.45, 2.75) is 19.5 Å². The molecule has 0 bridgehead atoms. The molecule has 1 amide bonds. The van der Waals surface area contributed by atoms with Gasteiger partial charge in [-0.3, -0.25) is 9.36 Å². The minimum absolute atomic E-state index is 0. The summed E-state index contributed by atoms with van der Waals surface area (Å²) in [4.78, 5) is 19.7. The Bertz CT molecular complexity index is 593. The van der Waals surface area contributed by atoms with Gasteiger partial charge in [-0.2, -0.15) is 8.78 Å². The van der Waals surface area contributed by atoms with Crippen LogP contribution in [-0.4, -0.2) is 27.0 Å². The summed E-state index contributed by atoms with van der Waals surface area (Å²) in [6.45, 7) is -2.31. The number of thiazole rings is 1. The molecular weight excluding hydrogens is 359 g/mol. The van der Waals surface area contributed by atoms with Gasteiger partial charge in [0.1, 0.15) is 11.5 Å². The topological polar surface area (TPSA) is 85.8 Å². The molecule has 124 valence electrons. The van der Waals surface area contributed by atoms with E-state index in [4.69, 9.17) is 5.73 Å². The van der Waals surface area contributed by atoms with Gasteiger partial charge in [0.15, 0.2) is 0 Å². The van der Waals surface area contributed by atoms with E-state index in [1.54, 1.807) is 5.38 Å². The average molecular weight is 374 g/mol. The molecule has 0 fully saturated rings. The largest absolute Gasteiger partial charge is 0.343 e. The zero-order valence-corrected chi connectivity index (χ0v) is 13.7. The molecule has 11 heteroatoms. The van der Waals surface area contributed by atoms with Crippen LogP contribution in [0.15, 0.2) is 17.8 Å². The first-order valence-corrected chi connectivity index (χ1v) is 6.72. The molecule has 0 saturated heterocycles. The van der Waals surface area contributed by atoms with E-state index < -0.39 is 12.5 Å². The van der Waals surface area contributed by atoms with Crippen LogP contribution in [0.2, 0.25) is 0 Å². The molecule has 0 atom stereocenters. The lowest BCUT2D eigenvalue weighted by Crippen LogP contribution is -2.25. The van der Waals surface area contributed by atoms with Gasteiger partial charge < -0.3 is 11.1 Å². The minimum Gasteiger partial charge on any atom is -0.343 e. The van der Waals surface area contributed by atoms with Gasteiger partial charge in [-0.05, 0) is 6.54 Å². The quantitative estimate of drug-likeness (QED) is 0.810. The van der Waals surface area contributed by atoms with E-state index in [0.717, 1.165) is 11.2 Å². The lowest BCUT2D eigenvalue weighted by atomic mass is 10.4.